The van der Waals surface area contributed by atoms with E-state index >= 15 is 0 Å². The quantitative estimate of drug-likeness (QED) is 0.226. The predicted molar refractivity (Wildman–Crippen MR) is 75.4 cm³/mol. The Labute approximate surface area is 127 Å². The van der Waals surface area contributed by atoms with E-state index in [1.54, 1.807) is 6.92 Å². The molecule has 130 valence electrons. The van der Waals surface area contributed by atoms with Crippen molar-refractivity contribution in [3.8, 4) is 0 Å². The van der Waals surface area contributed by atoms with Crippen LogP contribution in [0.4, 0.5) is 0 Å². The molecule has 0 aliphatic rings. The van der Waals surface area contributed by atoms with Gasteiger partial charge in [0.15, 0.2) is 0 Å². The molecule has 0 aliphatic carbocycles. The topological polar surface area (TPSA) is 171 Å². The zero-order chi connectivity index (χ0) is 18.2. The minimum absolute atomic E-state index is 0.0465. The van der Waals surface area contributed by atoms with Crippen molar-refractivity contribution in [3.05, 3.63) is 24.8 Å². The normalized spacial score (nSPS) is 9.18. The van der Waals surface area contributed by atoms with Gasteiger partial charge in [-0.1, -0.05) is 13.2 Å². The van der Waals surface area contributed by atoms with Gasteiger partial charge in [-0.05, 0) is 6.92 Å². The van der Waals surface area contributed by atoms with Crippen LogP contribution < -0.4 is 0 Å². The standard InChI is InChI=1S/C6H10O3.C5H8O3.H3O4P/c1-5(2)6(8)9-4-3-7;1-2-5(7)8-4-3-6;1-5(2,3)4/h7H,1,3-4H2,2H3;2,6H,1,3-4H2;(H3,1,2,3,4). The molecule has 0 unspecified atom stereocenters. The molecule has 0 radical (unpaired) electrons. The van der Waals surface area contributed by atoms with E-state index in [0.29, 0.717) is 5.57 Å². The smallest absolute Gasteiger partial charge is 0.460 e. The second-order valence-electron chi connectivity index (χ2n) is 3.25. The summed E-state index contributed by atoms with van der Waals surface area (Å²) in [6.07, 6.45) is 1.05. The monoisotopic (exact) mass is 344 g/mol. The summed E-state index contributed by atoms with van der Waals surface area (Å²) in [5, 5.41) is 16.3. The molecule has 0 saturated carbocycles. The van der Waals surface area contributed by atoms with Gasteiger partial charge in [0.1, 0.15) is 13.2 Å². The van der Waals surface area contributed by atoms with Crippen molar-refractivity contribution in [2.75, 3.05) is 26.4 Å². The Balaban J connectivity index is -0.000000257. The fraction of sp³-hybridized carbons (Fsp3) is 0.455. The van der Waals surface area contributed by atoms with Crippen molar-refractivity contribution < 1.29 is 48.5 Å². The van der Waals surface area contributed by atoms with E-state index in [-0.39, 0.29) is 26.4 Å². The van der Waals surface area contributed by atoms with Crippen LogP contribution in [-0.4, -0.2) is 63.3 Å². The molecular weight excluding hydrogens is 323 g/mol. The van der Waals surface area contributed by atoms with Crippen molar-refractivity contribution in [2.24, 2.45) is 0 Å². The van der Waals surface area contributed by atoms with Crippen molar-refractivity contribution in [1.29, 1.82) is 0 Å². The van der Waals surface area contributed by atoms with Crippen LogP contribution in [0.25, 0.3) is 0 Å². The minimum atomic E-state index is -4.64. The van der Waals surface area contributed by atoms with Crippen LogP contribution in [0.2, 0.25) is 0 Å². The lowest BCUT2D eigenvalue weighted by molar-refractivity contribution is -0.140. The molecule has 10 nitrogen and oxygen atoms in total. The highest BCUT2D eigenvalue weighted by Crippen LogP contribution is 2.25. The van der Waals surface area contributed by atoms with Crippen LogP contribution in [0.3, 0.4) is 0 Å². The lowest BCUT2D eigenvalue weighted by Crippen LogP contribution is -2.08. The number of phosphoric acid groups is 1. The SMILES string of the molecule is C=C(C)C(=O)OCCO.C=CC(=O)OCCO.O=P(O)(O)O. The van der Waals surface area contributed by atoms with Gasteiger partial charge in [-0.25, -0.2) is 14.2 Å². The van der Waals surface area contributed by atoms with E-state index in [0.717, 1.165) is 6.08 Å². The molecule has 0 spiro atoms. The van der Waals surface area contributed by atoms with Gasteiger partial charge in [0.2, 0.25) is 0 Å². The van der Waals surface area contributed by atoms with Crippen molar-refractivity contribution >= 4 is 19.8 Å². The van der Waals surface area contributed by atoms with Gasteiger partial charge in [0.25, 0.3) is 0 Å². The van der Waals surface area contributed by atoms with E-state index in [4.69, 9.17) is 29.5 Å². The number of rotatable bonds is 6. The highest BCUT2D eigenvalue weighted by Gasteiger charge is 2.00. The molecule has 0 atom stereocenters. The number of aliphatic hydroxyl groups excluding tert-OH is 2. The second-order valence-corrected chi connectivity index (χ2v) is 4.27. The van der Waals surface area contributed by atoms with Gasteiger partial charge in [-0.15, -0.1) is 0 Å². The summed E-state index contributed by atoms with van der Waals surface area (Å²) in [6, 6.07) is 0. The summed E-state index contributed by atoms with van der Waals surface area (Å²) >= 11 is 0. The number of aliphatic hydroxyl groups is 2. The van der Waals surface area contributed by atoms with Gasteiger partial charge in [-0.2, -0.15) is 0 Å². The minimum Gasteiger partial charge on any atom is -0.460 e. The molecule has 0 aromatic heterocycles. The van der Waals surface area contributed by atoms with Gasteiger partial charge < -0.3 is 34.4 Å². The van der Waals surface area contributed by atoms with Crippen molar-refractivity contribution in [1.82, 2.24) is 0 Å². The first-order valence-corrected chi connectivity index (χ1v) is 7.17. The number of ether oxygens (including phenoxy) is 2. The maximum absolute atomic E-state index is 10.5. The Morgan fingerprint density at radius 3 is 1.73 bits per heavy atom. The van der Waals surface area contributed by atoms with E-state index in [1.807, 2.05) is 0 Å². The third-order valence-electron chi connectivity index (χ3n) is 1.18. The molecule has 0 aromatic rings. The highest BCUT2D eigenvalue weighted by molar-refractivity contribution is 7.45. The molecule has 22 heavy (non-hydrogen) atoms. The highest BCUT2D eigenvalue weighted by atomic mass is 31.2. The molecule has 0 rings (SSSR count). The molecular formula is C11H21O10P. The maximum Gasteiger partial charge on any atom is 0.466 e. The fourth-order valence-electron chi connectivity index (χ4n) is 0.467. The van der Waals surface area contributed by atoms with Crippen LogP contribution >= 0.6 is 7.82 Å². The number of hydrogen-bond acceptors (Lipinski definition) is 7. The number of esters is 2. The summed E-state index contributed by atoms with van der Waals surface area (Å²) in [5.41, 5.74) is 0.350. The average molecular weight is 344 g/mol. The van der Waals surface area contributed by atoms with Gasteiger partial charge in [0, 0.05) is 11.6 Å². The lowest BCUT2D eigenvalue weighted by Gasteiger charge is -1.99. The third kappa shape index (κ3) is 36.2. The largest absolute Gasteiger partial charge is 0.466 e. The first-order chi connectivity index (χ1) is 9.99. The van der Waals surface area contributed by atoms with Crippen LogP contribution in [-0.2, 0) is 23.6 Å². The molecule has 0 heterocycles. The van der Waals surface area contributed by atoms with E-state index in [2.05, 4.69) is 22.6 Å². The number of hydrogen-bond donors (Lipinski definition) is 5. The van der Waals surface area contributed by atoms with Gasteiger partial charge in [0.05, 0.1) is 13.2 Å². The summed E-state index contributed by atoms with van der Waals surface area (Å²) < 4.78 is 17.7. The van der Waals surface area contributed by atoms with Crippen molar-refractivity contribution in [3.63, 3.8) is 0 Å². The van der Waals surface area contributed by atoms with E-state index in [1.165, 1.54) is 0 Å². The first kappa shape index (κ1) is 25.4. The third-order valence-corrected chi connectivity index (χ3v) is 1.18. The van der Waals surface area contributed by atoms with Crippen LogP contribution in [0.5, 0.6) is 0 Å². The Bertz CT molecular complexity index is 378. The molecule has 0 fully saturated rings. The van der Waals surface area contributed by atoms with Crippen LogP contribution in [0.15, 0.2) is 24.8 Å². The van der Waals surface area contributed by atoms with E-state index < -0.39 is 19.8 Å². The Kier molecular flexibility index (Phi) is 18.3. The molecule has 0 amide bonds. The Morgan fingerprint density at radius 1 is 1.09 bits per heavy atom. The van der Waals surface area contributed by atoms with Gasteiger partial charge >= 0.3 is 19.8 Å². The summed E-state index contributed by atoms with van der Waals surface area (Å²) in [5.74, 6) is -0.955. The van der Waals surface area contributed by atoms with Crippen molar-refractivity contribution in [2.45, 2.75) is 6.92 Å². The number of carbonyl (C=O) groups is 2. The molecule has 5 N–H and O–H groups in total. The molecule has 0 saturated heterocycles. The Hall–Kier alpha value is -1.55. The first-order valence-electron chi connectivity index (χ1n) is 5.61. The van der Waals surface area contributed by atoms with Gasteiger partial charge in [-0.3, -0.25) is 0 Å². The number of carbonyl (C=O) groups excluding carboxylic acids is 2. The zero-order valence-electron chi connectivity index (χ0n) is 12.0. The van der Waals surface area contributed by atoms with E-state index in [9.17, 15) is 9.59 Å². The molecule has 0 bridgehead atoms. The lowest BCUT2D eigenvalue weighted by atomic mass is 10.4. The summed E-state index contributed by atoms with van der Waals surface area (Å²) in [6.45, 7) is 7.88. The van der Waals surface area contributed by atoms with Crippen LogP contribution in [0.1, 0.15) is 6.92 Å². The van der Waals surface area contributed by atoms with Crippen LogP contribution in [0, 0.1) is 0 Å². The fourth-order valence-corrected chi connectivity index (χ4v) is 0.467. The average Bonchev–Trinajstić information content (AvgIpc) is 2.40. The molecule has 0 aromatic carbocycles. The molecule has 11 heteroatoms. The Morgan fingerprint density at radius 2 is 1.45 bits per heavy atom. The second kappa shape index (κ2) is 15.8. The summed E-state index contributed by atoms with van der Waals surface area (Å²) in [7, 11) is -4.64. The maximum atomic E-state index is 10.5. The molecule has 0 aliphatic heterocycles. The zero-order valence-corrected chi connectivity index (χ0v) is 12.9. The summed E-state index contributed by atoms with van der Waals surface area (Å²) in [4.78, 5) is 42.2. The predicted octanol–water partition coefficient (Wildman–Crippen LogP) is -1.12.